The van der Waals surface area contributed by atoms with Crippen molar-refractivity contribution in [1.29, 1.82) is 0 Å². The SMILES string of the molecule is CCC1CCCN(CCC(N)(C(N)=O)c2ccccc2)C1. The van der Waals surface area contributed by atoms with Crippen LogP contribution in [0.25, 0.3) is 0 Å². The first-order chi connectivity index (χ1) is 10.1. The normalized spacial score (nSPS) is 22.7. The Morgan fingerprint density at radius 2 is 2.10 bits per heavy atom. The number of rotatable bonds is 6. The monoisotopic (exact) mass is 289 g/mol. The second-order valence-electron chi connectivity index (χ2n) is 6.17. The molecule has 1 amide bonds. The number of amides is 1. The Bertz CT molecular complexity index is 462. The number of hydrogen-bond donors (Lipinski definition) is 2. The van der Waals surface area contributed by atoms with Gasteiger partial charge in [-0.1, -0.05) is 43.7 Å². The van der Waals surface area contributed by atoms with Gasteiger partial charge in [-0.05, 0) is 37.3 Å². The first kappa shape index (κ1) is 16.0. The molecule has 2 atom stereocenters. The molecule has 1 aliphatic rings. The van der Waals surface area contributed by atoms with Crippen molar-refractivity contribution < 1.29 is 4.79 Å². The Balaban J connectivity index is 2.02. The van der Waals surface area contributed by atoms with E-state index in [0.717, 1.165) is 31.1 Å². The fourth-order valence-corrected chi connectivity index (χ4v) is 3.17. The van der Waals surface area contributed by atoms with Crippen LogP contribution in [-0.4, -0.2) is 30.4 Å². The highest BCUT2D eigenvalue weighted by molar-refractivity contribution is 5.85. The maximum Gasteiger partial charge on any atom is 0.242 e. The van der Waals surface area contributed by atoms with Crippen molar-refractivity contribution in [3.63, 3.8) is 0 Å². The minimum absolute atomic E-state index is 0.447. The molecule has 0 bridgehead atoms. The van der Waals surface area contributed by atoms with Gasteiger partial charge in [-0.15, -0.1) is 0 Å². The van der Waals surface area contributed by atoms with Crippen LogP contribution in [0.4, 0.5) is 0 Å². The summed E-state index contributed by atoms with van der Waals surface area (Å²) in [5.74, 6) is 0.328. The van der Waals surface area contributed by atoms with E-state index >= 15 is 0 Å². The van der Waals surface area contributed by atoms with Crippen LogP contribution in [0.5, 0.6) is 0 Å². The predicted octanol–water partition coefficient (Wildman–Crippen LogP) is 1.84. The van der Waals surface area contributed by atoms with E-state index in [4.69, 9.17) is 11.5 Å². The molecule has 1 saturated heterocycles. The van der Waals surface area contributed by atoms with Crippen molar-refractivity contribution in [2.45, 2.75) is 38.1 Å². The summed E-state index contributed by atoms with van der Waals surface area (Å²) in [6, 6.07) is 9.48. The van der Waals surface area contributed by atoms with Gasteiger partial charge >= 0.3 is 0 Å². The molecular formula is C17H27N3O. The lowest BCUT2D eigenvalue weighted by molar-refractivity contribution is -0.123. The number of carbonyl (C=O) groups is 1. The van der Waals surface area contributed by atoms with E-state index in [9.17, 15) is 4.79 Å². The number of benzene rings is 1. The zero-order valence-electron chi connectivity index (χ0n) is 12.9. The summed E-state index contributed by atoms with van der Waals surface area (Å²) < 4.78 is 0. The molecule has 4 N–H and O–H groups in total. The molecule has 0 saturated carbocycles. The van der Waals surface area contributed by atoms with Crippen LogP contribution in [0.2, 0.25) is 0 Å². The summed E-state index contributed by atoms with van der Waals surface area (Å²) in [5, 5.41) is 0. The number of nitrogens with zero attached hydrogens (tertiary/aromatic N) is 1. The highest BCUT2D eigenvalue weighted by Crippen LogP contribution is 2.25. The van der Waals surface area contributed by atoms with E-state index in [-0.39, 0.29) is 0 Å². The Kier molecular flexibility index (Phi) is 5.37. The van der Waals surface area contributed by atoms with Crippen LogP contribution < -0.4 is 11.5 Å². The fourth-order valence-electron chi connectivity index (χ4n) is 3.17. The molecule has 116 valence electrons. The molecule has 1 aliphatic heterocycles. The molecule has 0 spiro atoms. The van der Waals surface area contributed by atoms with Gasteiger partial charge in [0.05, 0.1) is 0 Å². The van der Waals surface area contributed by atoms with Gasteiger partial charge in [0, 0.05) is 13.1 Å². The highest BCUT2D eigenvalue weighted by atomic mass is 16.1. The van der Waals surface area contributed by atoms with Crippen LogP contribution in [0.15, 0.2) is 30.3 Å². The first-order valence-corrected chi connectivity index (χ1v) is 7.93. The number of hydrogen-bond acceptors (Lipinski definition) is 3. The smallest absolute Gasteiger partial charge is 0.242 e. The van der Waals surface area contributed by atoms with Gasteiger partial charge in [-0.3, -0.25) is 4.79 Å². The fraction of sp³-hybridized carbons (Fsp3) is 0.588. The van der Waals surface area contributed by atoms with Crippen molar-refractivity contribution >= 4 is 5.91 Å². The molecule has 1 fully saturated rings. The third-order valence-corrected chi connectivity index (χ3v) is 4.73. The second kappa shape index (κ2) is 7.05. The number of nitrogens with two attached hydrogens (primary N) is 2. The lowest BCUT2D eigenvalue weighted by atomic mass is 9.86. The van der Waals surface area contributed by atoms with Crippen LogP contribution in [0.1, 0.15) is 38.2 Å². The largest absolute Gasteiger partial charge is 0.368 e. The Hall–Kier alpha value is -1.39. The molecule has 0 radical (unpaired) electrons. The average Bonchev–Trinajstić information content (AvgIpc) is 2.53. The molecule has 2 unspecified atom stereocenters. The molecular weight excluding hydrogens is 262 g/mol. The minimum Gasteiger partial charge on any atom is -0.368 e. The lowest BCUT2D eigenvalue weighted by Gasteiger charge is -2.35. The lowest BCUT2D eigenvalue weighted by Crippen LogP contribution is -2.51. The number of primary amides is 1. The van der Waals surface area contributed by atoms with E-state index in [1.807, 2.05) is 30.3 Å². The first-order valence-electron chi connectivity index (χ1n) is 7.93. The van der Waals surface area contributed by atoms with Gasteiger partial charge in [0.25, 0.3) is 0 Å². The van der Waals surface area contributed by atoms with Gasteiger partial charge in [0.1, 0.15) is 5.54 Å². The van der Waals surface area contributed by atoms with Gasteiger partial charge < -0.3 is 16.4 Å². The van der Waals surface area contributed by atoms with Crippen LogP contribution in [0, 0.1) is 5.92 Å². The van der Waals surface area contributed by atoms with Crippen LogP contribution in [-0.2, 0) is 10.3 Å². The Morgan fingerprint density at radius 3 is 2.71 bits per heavy atom. The molecule has 4 heteroatoms. The summed E-state index contributed by atoms with van der Waals surface area (Å²) in [7, 11) is 0. The van der Waals surface area contributed by atoms with Crippen LogP contribution in [0.3, 0.4) is 0 Å². The second-order valence-corrected chi connectivity index (χ2v) is 6.17. The van der Waals surface area contributed by atoms with E-state index in [0.29, 0.717) is 6.42 Å². The summed E-state index contributed by atoms with van der Waals surface area (Å²) >= 11 is 0. The molecule has 1 heterocycles. The van der Waals surface area contributed by atoms with Crippen molar-refractivity contribution in [3.05, 3.63) is 35.9 Å². The quantitative estimate of drug-likeness (QED) is 0.839. The number of likely N-dealkylation sites (tertiary alicyclic amines) is 1. The summed E-state index contributed by atoms with van der Waals surface area (Å²) in [6.07, 6.45) is 4.34. The Morgan fingerprint density at radius 1 is 1.38 bits per heavy atom. The molecule has 4 nitrogen and oxygen atoms in total. The highest BCUT2D eigenvalue weighted by Gasteiger charge is 2.34. The zero-order chi connectivity index (χ0) is 15.3. The molecule has 2 rings (SSSR count). The molecule has 1 aromatic rings. The van der Waals surface area contributed by atoms with Crippen molar-refractivity contribution in [2.75, 3.05) is 19.6 Å². The topological polar surface area (TPSA) is 72.3 Å². The van der Waals surface area contributed by atoms with E-state index in [1.54, 1.807) is 0 Å². The summed E-state index contributed by atoms with van der Waals surface area (Å²) in [6.45, 7) is 5.28. The van der Waals surface area contributed by atoms with Gasteiger partial charge in [0.2, 0.25) is 5.91 Å². The Labute approximate surface area is 127 Å². The summed E-state index contributed by atoms with van der Waals surface area (Å²) in [5.41, 5.74) is 11.7. The maximum atomic E-state index is 11.9. The standard InChI is InChI=1S/C17H27N3O/c1-2-14-7-6-11-20(13-14)12-10-17(19,16(18)21)15-8-4-3-5-9-15/h3-5,8-9,14H,2,6-7,10-13,19H2,1H3,(H2,18,21). The van der Waals surface area contributed by atoms with Crippen molar-refractivity contribution in [1.82, 2.24) is 4.90 Å². The van der Waals surface area contributed by atoms with E-state index < -0.39 is 11.4 Å². The number of carbonyl (C=O) groups excluding carboxylic acids is 1. The zero-order valence-corrected chi connectivity index (χ0v) is 12.9. The van der Waals surface area contributed by atoms with E-state index in [2.05, 4.69) is 11.8 Å². The summed E-state index contributed by atoms with van der Waals surface area (Å²) in [4.78, 5) is 14.3. The minimum atomic E-state index is -1.07. The maximum absolute atomic E-state index is 11.9. The van der Waals surface area contributed by atoms with Crippen molar-refractivity contribution in [2.24, 2.45) is 17.4 Å². The van der Waals surface area contributed by atoms with Crippen molar-refractivity contribution in [3.8, 4) is 0 Å². The molecule has 0 aromatic heterocycles. The average molecular weight is 289 g/mol. The predicted molar refractivity (Wildman–Crippen MR) is 85.6 cm³/mol. The molecule has 0 aliphatic carbocycles. The van der Waals surface area contributed by atoms with Crippen LogP contribution >= 0.6 is 0 Å². The number of piperidine rings is 1. The van der Waals surface area contributed by atoms with Gasteiger partial charge in [0.15, 0.2) is 0 Å². The third kappa shape index (κ3) is 3.83. The van der Waals surface area contributed by atoms with Gasteiger partial charge in [-0.25, -0.2) is 0 Å². The molecule has 21 heavy (non-hydrogen) atoms. The third-order valence-electron chi connectivity index (χ3n) is 4.73. The van der Waals surface area contributed by atoms with Gasteiger partial charge in [-0.2, -0.15) is 0 Å². The van der Waals surface area contributed by atoms with E-state index in [1.165, 1.54) is 19.3 Å². The molecule has 1 aromatic carbocycles.